The number of hydrogen-bond donors (Lipinski definition) is 1. The fourth-order valence-electron chi connectivity index (χ4n) is 2.98. The van der Waals surface area contributed by atoms with Crippen LogP contribution in [0.5, 0.6) is 0 Å². The Kier molecular flexibility index (Phi) is 6.30. The van der Waals surface area contributed by atoms with Crippen molar-refractivity contribution in [2.45, 2.75) is 20.3 Å². The molecule has 1 saturated heterocycles. The lowest BCUT2D eigenvalue weighted by Gasteiger charge is -2.26. The van der Waals surface area contributed by atoms with E-state index in [1.165, 1.54) is 0 Å². The number of aryl methyl sites for hydroxylation is 1. The minimum atomic E-state index is 0.652. The minimum absolute atomic E-state index is 0.652. The summed E-state index contributed by atoms with van der Waals surface area (Å²) in [6.07, 6.45) is 1.90. The molecule has 1 aliphatic heterocycles. The molecule has 0 amide bonds. The van der Waals surface area contributed by atoms with Crippen LogP contribution in [-0.2, 0) is 4.74 Å². The smallest absolute Gasteiger partial charge is 0.161 e. The van der Waals surface area contributed by atoms with Gasteiger partial charge in [-0.15, -0.1) is 0 Å². The van der Waals surface area contributed by atoms with E-state index in [-0.39, 0.29) is 0 Å². The van der Waals surface area contributed by atoms with Gasteiger partial charge in [0.15, 0.2) is 5.82 Å². The Labute approximate surface area is 154 Å². The summed E-state index contributed by atoms with van der Waals surface area (Å²) in [5.41, 5.74) is 3.60. The molecule has 26 heavy (non-hydrogen) atoms. The fraction of sp³-hybridized carbons (Fsp3) is 0.450. The number of benzene rings is 1. The number of hydrogen-bond acceptors (Lipinski definition) is 6. The molecule has 0 saturated carbocycles. The van der Waals surface area contributed by atoms with Gasteiger partial charge in [0.05, 0.1) is 13.2 Å². The highest BCUT2D eigenvalue weighted by Gasteiger charge is 2.11. The van der Waals surface area contributed by atoms with Gasteiger partial charge in [0, 0.05) is 42.0 Å². The Morgan fingerprint density at radius 1 is 1.15 bits per heavy atom. The van der Waals surface area contributed by atoms with Gasteiger partial charge in [0.2, 0.25) is 0 Å². The number of morpholine rings is 1. The molecule has 138 valence electrons. The van der Waals surface area contributed by atoms with E-state index in [0.29, 0.717) is 11.4 Å². The molecule has 2 aromatic rings. The van der Waals surface area contributed by atoms with Gasteiger partial charge < -0.3 is 10.1 Å². The number of ether oxygens (including phenoxy) is 1. The van der Waals surface area contributed by atoms with Crippen molar-refractivity contribution in [3.63, 3.8) is 0 Å². The van der Waals surface area contributed by atoms with Crippen molar-refractivity contribution in [1.82, 2.24) is 14.9 Å². The zero-order valence-corrected chi connectivity index (χ0v) is 15.5. The number of rotatable bonds is 7. The average molecular weight is 354 g/mol. The monoisotopic (exact) mass is 354 g/mol. The lowest BCUT2D eigenvalue weighted by atomic mass is 10.1. The third-order valence-corrected chi connectivity index (χ3v) is 4.74. The van der Waals surface area contributed by atoms with E-state index < -0.39 is 0 Å². The minimum Gasteiger partial charge on any atom is -0.379 e. The maximum absolute atomic E-state index is 10.8. The molecule has 1 aromatic carbocycles. The first-order valence-corrected chi connectivity index (χ1v) is 9.12. The van der Waals surface area contributed by atoms with Crippen LogP contribution in [0.25, 0.3) is 11.4 Å². The molecule has 2 heterocycles. The van der Waals surface area contributed by atoms with Crippen LogP contribution in [0.3, 0.4) is 0 Å². The second-order valence-electron chi connectivity index (χ2n) is 6.58. The average Bonchev–Trinajstić information content (AvgIpc) is 2.69. The lowest BCUT2D eigenvalue weighted by molar-refractivity contribution is 0.0378. The summed E-state index contributed by atoms with van der Waals surface area (Å²) in [7, 11) is 0. The standard InChI is InChI=1S/C20H26N4O2/c1-15-16(2)22-20(18-6-4-17(14-25)5-7-18)23-19(15)21-8-3-9-24-10-12-26-13-11-24/h4-7,14H,3,8-13H2,1-2H3,(H,21,22,23). The topological polar surface area (TPSA) is 67.4 Å². The van der Waals surface area contributed by atoms with Gasteiger partial charge in [-0.25, -0.2) is 9.97 Å². The summed E-state index contributed by atoms with van der Waals surface area (Å²) in [6, 6.07) is 7.35. The van der Waals surface area contributed by atoms with E-state index in [1.807, 2.05) is 26.0 Å². The SMILES string of the molecule is Cc1nc(-c2ccc(C=O)cc2)nc(NCCCN2CCOCC2)c1C. The van der Waals surface area contributed by atoms with Crippen LogP contribution in [0.1, 0.15) is 28.0 Å². The van der Waals surface area contributed by atoms with Gasteiger partial charge in [-0.3, -0.25) is 9.69 Å². The molecule has 0 unspecified atom stereocenters. The van der Waals surface area contributed by atoms with Crippen LogP contribution in [-0.4, -0.2) is 60.5 Å². The van der Waals surface area contributed by atoms with Crippen molar-refractivity contribution in [3.8, 4) is 11.4 Å². The Balaban J connectivity index is 1.64. The fourth-order valence-corrected chi connectivity index (χ4v) is 2.98. The molecule has 1 fully saturated rings. The van der Waals surface area contributed by atoms with Gasteiger partial charge in [0.1, 0.15) is 12.1 Å². The summed E-state index contributed by atoms with van der Waals surface area (Å²) in [5.74, 6) is 1.56. The Morgan fingerprint density at radius 3 is 2.58 bits per heavy atom. The summed E-state index contributed by atoms with van der Waals surface area (Å²) >= 11 is 0. The van der Waals surface area contributed by atoms with Crippen LogP contribution in [0, 0.1) is 13.8 Å². The summed E-state index contributed by atoms with van der Waals surface area (Å²) in [5, 5.41) is 3.46. The molecular formula is C20H26N4O2. The highest BCUT2D eigenvalue weighted by Crippen LogP contribution is 2.22. The predicted molar refractivity (Wildman–Crippen MR) is 103 cm³/mol. The Morgan fingerprint density at radius 2 is 1.88 bits per heavy atom. The maximum Gasteiger partial charge on any atom is 0.161 e. The van der Waals surface area contributed by atoms with E-state index in [0.717, 1.165) is 74.7 Å². The van der Waals surface area contributed by atoms with E-state index >= 15 is 0 Å². The zero-order valence-electron chi connectivity index (χ0n) is 15.5. The Bertz CT molecular complexity index is 740. The Hall–Kier alpha value is -2.31. The number of anilines is 1. The number of carbonyl (C=O) groups excluding carboxylic acids is 1. The first-order valence-electron chi connectivity index (χ1n) is 9.12. The number of aldehydes is 1. The van der Waals surface area contributed by atoms with Crippen LogP contribution in [0.2, 0.25) is 0 Å². The predicted octanol–water partition coefficient (Wildman–Crippen LogP) is 2.71. The zero-order chi connectivity index (χ0) is 18.4. The second-order valence-corrected chi connectivity index (χ2v) is 6.58. The van der Waals surface area contributed by atoms with Crippen LogP contribution in [0.4, 0.5) is 5.82 Å². The number of nitrogens with zero attached hydrogens (tertiary/aromatic N) is 3. The van der Waals surface area contributed by atoms with Crippen molar-refractivity contribution in [1.29, 1.82) is 0 Å². The lowest BCUT2D eigenvalue weighted by Crippen LogP contribution is -2.37. The molecule has 3 rings (SSSR count). The number of nitrogens with one attached hydrogen (secondary N) is 1. The number of carbonyl (C=O) groups is 1. The molecule has 1 N–H and O–H groups in total. The third kappa shape index (κ3) is 4.65. The van der Waals surface area contributed by atoms with E-state index in [1.54, 1.807) is 12.1 Å². The van der Waals surface area contributed by atoms with Crippen LogP contribution in [0.15, 0.2) is 24.3 Å². The van der Waals surface area contributed by atoms with E-state index in [9.17, 15) is 4.79 Å². The van der Waals surface area contributed by atoms with Crippen LogP contribution >= 0.6 is 0 Å². The summed E-state index contributed by atoms with van der Waals surface area (Å²) < 4.78 is 5.38. The van der Waals surface area contributed by atoms with Crippen molar-refractivity contribution in [3.05, 3.63) is 41.1 Å². The van der Waals surface area contributed by atoms with Crippen molar-refractivity contribution < 1.29 is 9.53 Å². The first kappa shape index (κ1) is 18.5. The molecule has 6 heteroatoms. The molecule has 0 radical (unpaired) electrons. The highest BCUT2D eigenvalue weighted by atomic mass is 16.5. The summed E-state index contributed by atoms with van der Waals surface area (Å²) in [4.78, 5) is 22.5. The third-order valence-electron chi connectivity index (χ3n) is 4.74. The maximum atomic E-state index is 10.8. The van der Waals surface area contributed by atoms with Gasteiger partial charge in [-0.1, -0.05) is 24.3 Å². The molecule has 6 nitrogen and oxygen atoms in total. The van der Waals surface area contributed by atoms with Gasteiger partial charge in [0.25, 0.3) is 0 Å². The molecule has 0 spiro atoms. The molecular weight excluding hydrogens is 328 g/mol. The first-order chi connectivity index (χ1) is 12.7. The van der Waals surface area contributed by atoms with Gasteiger partial charge >= 0.3 is 0 Å². The summed E-state index contributed by atoms with van der Waals surface area (Å²) in [6.45, 7) is 9.70. The molecule has 0 aliphatic carbocycles. The second kappa shape index (κ2) is 8.87. The molecule has 1 aliphatic rings. The van der Waals surface area contributed by atoms with Crippen molar-refractivity contribution >= 4 is 12.1 Å². The largest absolute Gasteiger partial charge is 0.379 e. The molecule has 0 bridgehead atoms. The highest BCUT2D eigenvalue weighted by molar-refractivity contribution is 5.76. The normalized spacial score (nSPS) is 15.0. The number of aromatic nitrogens is 2. The van der Waals surface area contributed by atoms with Gasteiger partial charge in [-0.2, -0.15) is 0 Å². The van der Waals surface area contributed by atoms with Crippen LogP contribution < -0.4 is 5.32 Å². The van der Waals surface area contributed by atoms with Crippen molar-refractivity contribution in [2.75, 3.05) is 44.7 Å². The van der Waals surface area contributed by atoms with Gasteiger partial charge in [-0.05, 0) is 26.8 Å². The molecule has 0 atom stereocenters. The quantitative estimate of drug-likeness (QED) is 0.609. The van der Waals surface area contributed by atoms with E-state index in [4.69, 9.17) is 9.72 Å². The molecule has 1 aromatic heterocycles. The van der Waals surface area contributed by atoms with Crippen molar-refractivity contribution in [2.24, 2.45) is 0 Å². The van der Waals surface area contributed by atoms with E-state index in [2.05, 4.69) is 15.2 Å².